The zero-order chi connectivity index (χ0) is 12.3. The fraction of sp³-hybridized carbons (Fsp3) is 0.600. The molecule has 2 rings (SSSR count). The van der Waals surface area contributed by atoms with Crippen LogP contribution in [0.4, 0.5) is 4.39 Å². The third-order valence-corrected chi connectivity index (χ3v) is 3.86. The molecule has 1 aromatic carbocycles. The lowest BCUT2D eigenvalue weighted by Crippen LogP contribution is -2.37. The van der Waals surface area contributed by atoms with Gasteiger partial charge in [0.1, 0.15) is 5.82 Å². The summed E-state index contributed by atoms with van der Waals surface area (Å²) in [5.41, 5.74) is 2.43. The molecular formula is C15H22FN. The number of benzene rings is 1. The van der Waals surface area contributed by atoms with E-state index >= 15 is 0 Å². The Morgan fingerprint density at radius 3 is 2.76 bits per heavy atom. The maximum Gasteiger partial charge on any atom is 0.123 e. The van der Waals surface area contributed by atoms with Crippen LogP contribution >= 0.6 is 0 Å². The molecule has 2 atom stereocenters. The van der Waals surface area contributed by atoms with Crippen molar-refractivity contribution >= 4 is 0 Å². The fourth-order valence-electron chi connectivity index (χ4n) is 3.06. The monoisotopic (exact) mass is 235 g/mol. The van der Waals surface area contributed by atoms with Gasteiger partial charge < -0.3 is 5.32 Å². The van der Waals surface area contributed by atoms with Gasteiger partial charge in [0.25, 0.3) is 0 Å². The van der Waals surface area contributed by atoms with Crippen molar-refractivity contribution in [1.29, 1.82) is 0 Å². The number of hydrogen-bond acceptors (Lipinski definition) is 1. The highest BCUT2D eigenvalue weighted by molar-refractivity contribution is 5.31. The minimum atomic E-state index is -0.123. The van der Waals surface area contributed by atoms with Gasteiger partial charge >= 0.3 is 0 Å². The second kappa shape index (κ2) is 5.63. The molecule has 17 heavy (non-hydrogen) atoms. The van der Waals surface area contributed by atoms with Crippen molar-refractivity contribution < 1.29 is 4.39 Å². The normalized spacial score (nSPS) is 24.9. The maximum absolute atomic E-state index is 13.1. The van der Waals surface area contributed by atoms with Gasteiger partial charge in [-0.2, -0.15) is 0 Å². The zero-order valence-corrected chi connectivity index (χ0v) is 10.8. The third kappa shape index (κ3) is 2.86. The number of rotatable bonds is 3. The van der Waals surface area contributed by atoms with Crippen LogP contribution in [0, 0.1) is 12.7 Å². The summed E-state index contributed by atoms with van der Waals surface area (Å²) in [7, 11) is 0. The van der Waals surface area contributed by atoms with Gasteiger partial charge in [-0.25, -0.2) is 4.39 Å². The van der Waals surface area contributed by atoms with Crippen LogP contribution in [0.15, 0.2) is 18.2 Å². The summed E-state index contributed by atoms with van der Waals surface area (Å²) in [6, 6.07) is 5.80. The molecule has 1 fully saturated rings. The predicted molar refractivity (Wildman–Crippen MR) is 69.8 cm³/mol. The van der Waals surface area contributed by atoms with Crippen LogP contribution in [0.5, 0.6) is 0 Å². The van der Waals surface area contributed by atoms with Crippen molar-refractivity contribution in [3.63, 3.8) is 0 Å². The highest BCUT2D eigenvalue weighted by Crippen LogP contribution is 2.34. The summed E-state index contributed by atoms with van der Waals surface area (Å²) in [6.45, 7) is 5.20. The molecule has 0 bridgehead atoms. The maximum atomic E-state index is 13.1. The number of hydrogen-bond donors (Lipinski definition) is 1. The van der Waals surface area contributed by atoms with Crippen molar-refractivity contribution in [2.24, 2.45) is 0 Å². The van der Waals surface area contributed by atoms with E-state index in [1.54, 1.807) is 12.1 Å². The minimum Gasteiger partial charge on any atom is -0.314 e. The van der Waals surface area contributed by atoms with Gasteiger partial charge in [-0.15, -0.1) is 0 Å². The van der Waals surface area contributed by atoms with Gasteiger partial charge in [0.15, 0.2) is 0 Å². The van der Waals surface area contributed by atoms with Gasteiger partial charge in [-0.05, 0) is 55.5 Å². The topological polar surface area (TPSA) is 12.0 Å². The quantitative estimate of drug-likeness (QED) is 0.841. The van der Waals surface area contributed by atoms with E-state index in [-0.39, 0.29) is 5.82 Å². The number of aryl methyl sites for hydroxylation is 1. The summed E-state index contributed by atoms with van der Waals surface area (Å²) < 4.78 is 13.1. The van der Waals surface area contributed by atoms with Crippen LogP contribution in [0.1, 0.15) is 49.7 Å². The smallest absolute Gasteiger partial charge is 0.123 e. The molecule has 1 N–H and O–H groups in total. The first kappa shape index (κ1) is 12.6. The van der Waals surface area contributed by atoms with E-state index in [4.69, 9.17) is 0 Å². The van der Waals surface area contributed by atoms with Crippen molar-refractivity contribution in [3.05, 3.63) is 35.1 Å². The van der Waals surface area contributed by atoms with Gasteiger partial charge in [-0.3, -0.25) is 0 Å². The zero-order valence-electron chi connectivity index (χ0n) is 10.8. The van der Waals surface area contributed by atoms with Gasteiger partial charge in [0.2, 0.25) is 0 Å². The van der Waals surface area contributed by atoms with E-state index in [1.807, 2.05) is 13.0 Å². The molecule has 1 aliphatic carbocycles. The molecule has 0 heterocycles. The van der Waals surface area contributed by atoms with Crippen molar-refractivity contribution in [2.45, 2.75) is 51.5 Å². The summed E-state index contributed by atoms with van der Waals surface area (Å²) in [5.74, 6) is 0.436. The lowest BCUT2D eigenvalue weighted by molar-refractivity contribution is 0.331. The van der Waals surface area contributed by atoms with Crippen LogP contribution in [0.3, 0.4) is 0 Å². The second-order valence-corrected chi connectivity index (χ2v) is 5.06. The summed E-state index contributed by atoms with van der Waals surface area (Å²) in [4.78, 5) is 0. The molecule has 0 amide bonds. The Bertz CT molecular complexity index is 373. The predicted octanol–water partition coefficient (Wildman–Crippen LogP) is 3.77. The molecule has 94 valence electrons. The summed E-state index contributed by atoms with van der Waals surface area (Å²) in [5, 5.41) is 3.58. The van der Waals surface area contributed by atoms with E-state index in [1.165, 1.54) is 31.2 Å². The first-order chi connectivity index (χ1) is 8.22. The van der Waals surface area contributed by atoms with Crippen LogP contribution in [0.25, 0.3) is 0 Å². The molecule has 1 aliphatic rings. The molecular weight excluding hydrogens is 213 g/mol. The Balaban J connectivity index is 2.23. The van der Waals surface area contributed by atoms with Crippen LogP contribution in [-0.4, -0.2) is 12.6 Å². The molecule has 2 heteroatoms. The van der Waals surface area contributed by atoms with Crippen molar-refractivity contribution in [3.8, 4) is 0 Å². The molecule has 0 saturated heterocycles. The fourth-order valence-corrected chi connectivity index (χ4v) is 3.06. The van der Waals surface area contributed by atoms with Gasteiger partial charge in [0.05, 0.1) is 0 Å². The second-order valence-electron chi connectivity index (χ2n) is 5.06. The molecule has 2 unspecified atom stereocenters. The minimum absolute atomic E-state index is 0.123. The average molecular weight is 235 g/mol. The van der Waals surface area contributed by atoms with E-state index < -0.39 is 0 Å². The van der Waals surface area contributed by atoms with E-state index in [0.717, 1.165) is 12.1 Å². The van der Waals surface area contributed by atoms with Crippen LogP contribution in [0.2, 0.25) is 0 Å². The lowest BCUT2D eigenvalue weighted by atomic mass is 9.78. The van der Waals surface area contributed by atoms with Crippen LogP contribution in [-0.2, 0) is 0 Å². The number of nitrogens with one attached hydrogen (secondary N) is 1. The molecule has 0 aliphatic heterocycles. The first-order valence-electron chi connectivity index (χ1n) is 6.71. The first-order valence-corrected chi connectivity index (χ1v) is 6.71. The largest absolute Gasteiger partial charge is 0.314 e. The van der Waals surface area contributed by atoms with Gasteiger partial charge in [-0.1, -0.05) is 25.8 Å². The highest BCUT2D eigenvalue weighted by Gasteiger charge is 2.26. The molecule has 0 radical (unpaired) electrons. The third-order valence-electron chi connectivity index (χ3n) is 3.86. The van der Waals surface area contributed by atoms with E-state index in [0.29, 0.717) is 12.0 Å². The van der Waals surface area contributed by atoms with Crippen molar-refractivity contribution in [2.75, 3.05) is 6.54 Å². The summed E-state index contributed by atoms with van der Waals surface area (Å²) >= 11 is 0. The molecule has 1 saturated carbocycles. The van der Waals surface area contributed by atoms with E-state index in [2.05, 4.69) is 12.2 Å². The Morgan fingerprint density at radius 1 is 1.29 bits per heavy atom. The Kier molecular flexibility index (Phi) is 4.16. The lowest BCUT2D eigenvalue weighted by Gasteiger charge is -2.33. The van der Waals surface area contributed by atoms with Crippen molar-refractivity contribution in [1.82, 2.24) is 5.32 Å². The molecule has 0 spiro atoms. The van der Waals surface area contributed by atoms with Crippen LogP contribution < -0.4 is 5.32 Å². The molecule has 1 nitrogen and oxygen atoms in total. The summed E-state index contributed by atoms with van der Waals surface area (Å²) in [6.07, 6.45) is 5.08. The molecule has 1 aromatic rings. The Hall–Kier alpha value is -0.890. The van der Waals surface area contributed by atoms with Gasteiger partial charge in [0, 0.05) is 6.04 Å². The standard InChI is InChI=1S/C15H22FN/c1-3-17-15-7-5-4-6-14(15)13-9-8-12(16)10-11(13)2/h8-10,14-15,17H,3-7H2,1-2H3. The number of halogens is 1. The molecule has 0 aromatic heterocycles. The Morgan fingerprint density at radius 2 is 2.06 bits per heavy atom. The number of likely N-dealkylation sites (N-methyl/N-ethyl adjacent to an activating group) is 1. The highest BCUT2D eigenvalue weighted by atomic mass is 19.1. The average Bonchev–Trinajstić information content (AvgIpc) is 2.31. The Labute approximate surface area is 103 Å². The van der Waals surface area contributed by atoms with E-state index in [9.17, 15) is 4.39 Å². The SMILES string of the molecule is CCNC1CCCCC1c1ccc(F)cc1C.